The Hall–Kier alpha value is -3.63. The van der Waals surface area contributed by atoms with E-state index in [1.54, 1.807) is 6.20 Å². The highest BCUT2D eigenvalue weighted by atomic mass is 32.2. The molecule has 202 valence electrons. The number of nitrogens with one attached hydrogen (secondary N) is 4. The monoisotopic (exact) mass is 544 g/mol. The van der Waals surface area contributed by atoms with Crippen LogP contribution in [0.1, 0.15) is 32.1 Å². The molecule has 10 heteroatoms. The number of aromatic nitrogens is 1. The van der Waals surface area contributed by atoms with Gasteiger partial charge < -0.3 is 21.3 Å². The SMILES string of the molecule is C=CC(=O)N[C@@H]1CCC[C@H](NC(=O)C2=C3NC(=O)N(c4ccnc(-c5ccccc5)c4)C4CCNC(S2)C34)C1. The molecule has 0 radical (unpaired) electrons. The van der Waals surface area contributed by atoms with E-state index < -0.39 is 0 Å². The van der Waals surface area contributed by atoms with Crippen LogP contribution >= 0.6 is 11.8 Å². The van der Waals surface area contributed by atoms with E-state index in [9.17, 15) is 14.4 Å². The number of amides is 4. The van der Waals surface area contributed by atoms with E-state index in [1.807, 2.05) is 47.4 Å². The Labute approximate surface area is 231 Å². The second-order valence-corrected chi connectivity index (χ2v) is 11.6. The summed E-state index contributed by atoms with van der Waals surface area (Å²) < 4.78 is 0. The van der Waals surface area contributed by atoms with E-state index in [0.717, 1.165) is 49.2 Å². The van der Waals surface area contributed by atoms with Crippen LogP contribution in [0.3, 0.4) is 0 Å². The molecule has 3 unspecified atom stereocenters. The summed E-state index contributed by atoms with van der Waals surface area (Å²) in [7, 11) is 0. The van der Waals surface area contributed by atoms with Crippen LogP contribution in [0.4, 0.5) is 10.5 Å². The van der Waals surface area contributed by atoms with Gasteiger partial charge in [-0.15, -0.1) is 0 Å². The van der Waals surface area contributed by atoms with Crippen molar-refractivity contribution in [3.8, 4) is 11.3 Å². The molecule has 4 N–H and O–H groups in total. The number of benzene rings is 1. The molecule has 0 bridgehead atoms. The van der Waals surface area contributed by atoms with Gasteiger partial charge in [0.05, 0.1) is 22.0 Å². The fourth-order valence-electron chi connectivity index (χ4n) is 6.22. The number of urea groups is 1. The summed E-state index contributed by atoms with van der Waals surface area (Å²) in [6.45, 7) is 4.28. The second-order valence-electron chi connectivity index (χ2n) is 10.4. The predicted octanol–water partition coefficient (Wildman–Crippen LogP) is 3.27. The quantitative estimate of drug-likeness (QED) is 0.415. The Morgan fingerprint density at radius 2 is 1.90 bits per heavy atom. The van der Waals surface area contributed by atoms with Gasteiger partial charge >= 0.3 is 6.03 Å². The zero-order chi connectivity index (χ0) is 26.9. The molecule has 1 aromatic carbocycles. The molecule has 2 saturated heterocycles. The lowest BCUT2D eigenvalue weighted by molar-refractivity contribution is -0.117. The van der Waals surface area contributed by atoms with Crippen molar-refractivity contribution >= 4 is 35.3 Å². The Morgan fingerprint density at radius 3 is 2.69 bits per heavy atom. The zero-order valence-corrected chi connectivity index (χ0v) is 22.4. The third-order valence-electron chi connectivity index (χ3n) is 7.98. The molecule has 2 aromatic rings. The number of thioether (sulfide) groups is 1. The average Bonchev–Trinajstić information content (AvgIpc) is 3.33. The lowest BCUT2D eigenvalue weighted by atomic mass is 9.86. The van der Waals surface area contributed by atoms with Crippen molar-refractivity contribution in [1.29, 1.82) is 0 Å². The van der Waals surface area contributed by atoms with Gasteiger partial charge in [0.15, 0.2) is 0 Å². The van der Waals surface area contributed by atoms with Crippen molar-refractivity contribution in [2.45, 2.75) is 55.6 Å². The van der Waals surface area contributed by atoms with Crippen LogP contribution in [0.2, 0.25) is 0 Å². The van der Waals surface area contributed by atoms with Gasteiger partial charge in [0.1, 0.15) is 0 Å². The highest BCUT2D eigenvalue weighted by Crippen LogP contribution is 2.48. The van der Waals surface area contributed by atoms with Gasteiger partial charge in [-0.05, 0) is 56.9 Å². The molecule has 6 rings (SSSR count). The second kappa shape index (κ2) is 10.9. The minimum atomic E-state index is -0.227. The molecular weight excluding hydrogens is 512 g/mol. The third-order valence-corrected chi connectivity index (χ3v) is 9.33. The molecule has 1 saturated carbocycles. The van der Waals surface area contributed by atoms with Crippen LogP contribution in [0.5, 0.6) is 0 Å². The number of hydrogen-bond donors (Lipinski definition) is 4. The van der Waals surface area contributed by atoms with Crippen LogP contribution in [0.15, 0.2) is 71.9 Å². The molecular formula is C29H32N6O3S. The molecule has 4 aliphatic rings. The van der Waals surface area contributed by atoms with E-state index in [0.29, 0.717) is 17.0 Å². The number of carbonyl (C=O) groups is 3. The number of carbonyl (C=O) groups excluding carboxylic acids is 3. The fourth-order valence-corrected chi connectivity index (χ4v) is 7.62. The number of rotatable bonds is 6. The van der Waals surface area contributed by atoms with Gasteiger partial charge in [-0.25, -0.2) is 4.79 Å². The molecule has 9 nitrogen and oxygen atoms in total. The van der Waals surface area contributed by atoms with Gasteiger partial charge in [0, 0.05) is 41.1 Å². The standard InChI is InChI=1S/C29H32N6O3S/c1-2-23(36)32-18-9-6-10-19(15-18)33-27(37)26-25-24-22(12-14-31-28(24)39-26)35(29(38)34-25)20-11-13-30-21(16-20)17-7-4-3-5-8-17/h2-5,7-8,11,13,16,18-19,22,24,28,31H,1,6,9-10,12,14-15H2,(H,32,36)(H,33,37)(H,34,38)/t18-,19+,22?,24?,28?/m1/s1. The normalized spacial score (nSPS) is 27.8. The van der Waals surface area contributed by atoms with Gasteiger partial charge in [0.2, 0.25) is 5.91 Å². The topological polar surface area (TPSA) is 115 Å². The number of hydrogen-bond acceptors (Lipinski definition) is 6. The van der Waals surface area contributed by atoms with Crippen molar-refractivity contribution < 1.29 is 14.4 Å². The molecule has 1 aliphatic carbocycles. The van der Waals surface area contributed by atoms with Crippen molar-refractivity contribution in [2.24, 2.45) is 5.92 Å². The van der Waals surface area contributed by atoms with E-state index in [1.165, 1.54) is 17.8 Å². The van der Waals surface area contributed by atoms with Crippen LogP contribution in [-0.2, 0) is 9.59 Å². The molecule has 0 spiro atoms. The first kappa shape index (κ1) is 25.6. The molecule has 5 atom stereocenters. The first-order valence-electron chi connectivity index (χ1n) is 13.5. The number of piperidine rings is 1. The minimum Gasteiger partial charge on any atom is -0.350 e. The highest BCUT2D eigenvalue weighted by molar-refractivity contribution is 8.04. The maximum absolute atomic E-state index is 13.6. The Bertz CT molecular complexity index is 1330. The van der Waals surface area contributed by atoms with Gasteiger partial charge in [0.25, 0.3) is 5.91 Å². The molecule has 4 heterocycles. The van der Waals surface area contributed by atoms with E-state index in [-0.39, 0.29) is 47.3 Å². The Balaban J connectivity index is 1.22. The smallest absolute Gasteiger partial charge is 0.326 e. The summed E-state index contributed by atoms with van der Waals surface area (Å²) in [5.74, 6) is -0.375. The van der Waals surface area contributed by atoms with E-state index >= 15 is 0 Å². The summed E-state index contributed by atoms with van der Waals surface area (Å²) in [5, 5.41) is 12.8. The fraction of sp³-hybridized carbons (Fsp3) is 0.379. The summed E-state index contributed by atoms with van der Waals surface area (Å²) in [6, 6.07) is 13.4. The Kier molecular flexibility index (Phi) is 7.14. The lowest BCUT2D eigenvalue weighted by Crippen LogP contribution is -2.62. The molecule has 3 fully saturated rings. The zero-order valence-electron chi connectivity index (χ0n) is 21.6. The third kappa shape index (κ3) is 5.06. The van der Waals surface area contributed by atoms with Crippen molar-refractivity contribution in [3.05, 3.63) is 71.9 Å². The summed E-state index contributed by atoms with van der Waals surface area (Å²) in [6.07, 6.45) is 7.15. The predicted molar refractivity (Wildman–Crippen MR) is 152 cm³/mol. The number of nitrogens with zero attached hydrogens (tertiary/aromatic N) is 2. The molecule has 3 aliphatic heterocycles. The molecule has 4 amide bonds. The summed E-state index contributed by atoms with van der Waals surface area (Å²) in [5.41, 5.74) is 3.31. The maximum Gasteiger partial charge on any atom is 0.326 e. The van der Waals surface area contributed by atoms with Gasteiger partial charge in [-0.1, -0.05) is 48.7 Å². The van der Waals surface area contributed by atoms with Crippen LogP contribution in [0, 0.1) is 5.92 Å². The lowest BCUT2D eigenvalue weighted by Gasteiger charge is -2.45. The molecule has 39 heavy (non-hydrogen) atoms. The first-order chi connectivity index (χ1) is 19.0. The highest BCUT2D eigenvalue weighted by Gasteiger charge is 2.51. The minimum absolute atomic E-state index is 0.00372. The molecule has 1 aromatic heterocycles. The number of anilines is 1. The van der Waals surface area contributed by atoms with Gasteiger partial charge in [-0.2, -0.15) is 0 Å². The van der Waals surface area contributed by atoms with Crippen LogP contribution < -0.4 is 26.2 Å². The summed E-state index contributed by atoms with van der Waals surface area (Å²) in [4.78, 5) is 45.8. The number of pyridine rings is 1. The van der Waals surface area contributed by atoms with Crippen molar-refractivity contribution in [2.75, 3.05) is 11.4 Å². The van der Waals surface area contributed by atoms with Crippen LogP contribution in [-0.4, -0.2) is 52.9 Å². The summed E-state index contributed by atoms with van der Waals surface area (Å²) >= 11 is 1.50. The van der Waals surface area contributed by atoms with Crippen LogP contribution in [0.25, 0.3) is 11.3 Å². The maximum atomic E-state index is 13.6. The van der Waals surface area contributed by atoms with E-state index in [2.05, 4.69) is 32.8 Å². The van der Waals surface area contributed by atoms with E-state index in [4.69, 9.17) is 0 Å². The largest absolute Gasteiger partial charge is 0.350 e. The van der Waals surface area contributed by atoms with Gasteiger partial charge in [-0.3, -0.25) is 19.5 Å². The first-order valence-corrected chi connectivity index (χ1v) is 14.4. The Morgan fingerprint density at radius 1 is 1.10 bits per heavy atom. The van der Waals surface area contributed by atoms with Crippen molar-refractivity contribution in [1.82, 2.24) is 26.3 Å². The average molecular weight is 545 g/mol. The van der Waals surface area contributed by atoms with Crippen molar-refractivity contribution in [3.63, 3.8) is 0 Å².